The molecule has 29 heavy (non-hydrogen) atoms. The third-order valence-electron chi connectivity index (χ3n) is 4.41. The molecule has 1 aromatic carbocycles. The SMILES string of the molecule is CCCOC(CC(C)C)(CC(C)C)C(=O)Nc1ccc(OCC)c(C(=O)OC)c1. The van der Waals surface area contributed by atoms with E-state index in [-0.39, 0.29) is 11.5 Å². The summed E-state index contributed by atoms with van der Waals surface area (Å²) in [6.07, 6.45) is 2.08. The van der Waals surface area contributed by atoms with E-state index in [1.54, 1.807) is 18.2 Å². The first-order valence-corrected chi connectivity index (χ1v) is 10.5. The number of benzene rings is 1. The van der Waals surface area contributed by atoms with E-state index in [9.17, 15) is 9.59 Å². The zero-order valence-corrected chi connectivity index (χ0v) is 19.0. The predicted molar refractivity (Wildman–Crippen MR) is 115 cm³/mol. The first-order chi connectivity index (χ1) is 13.7. The molecule has 0 aromatic heterocycles. The van der Waals surface area contributed by atoms with Gasteiger partial charge in [-0.15, -0.1) is 0 Å². The number of rotatable bonds is 12. The fraction of sp³-hybridized carbons (Fsp3) is 0.652. The highest BCUT2D eigenvalue weighted by Crippen LogP contribution is 2.32. The van der Waals surface area contributed by atoms with E-state index >= 15 is 0 Å². The van der Waals surface area contributed by atoms with Crippen molar-refractivity contribution in [3.63, 3.8) is 0 Å². The number of carbonyl (C=O) groups excluding carboxylic acids is 2. The number of amides is 1. The third-order valence-corrected chi connectivity index (χ3v) is 4.41. The molecule has 0 fully saturated rings. The highest BCUT2D eigenvalue weighted by atomic mass is 16.5. The van der Waals surface area contributed by atoms with Crippen LogP contribution >= 0.6 is 0 Å². The van der Waals surface area contributed by atoms with Gasteiger partial charge in [-0.1, -0.05) is 34.6 Å². The highest BCUT2D eigenvalue weighted by Gasteiger charge is 2.40. The zero-order chi connectivity index (χ0) is 22.0. The number of esters is 1. The molecule has 0 aliphatic heterocycles. The molecule has 0 aliphatic rings. The van der Waals surface area contributed by atoms with Crippen LogP contribution in [0.15, 0.2) is 18.2 Å². The Kier molecular flexibility index (Phi) is 10.2. The van der Waals surface area contributed by atoms with Gasteiger partial charge in [0.2, 0.25) is 0 Å². The smallest absolute Gasteiger partial charge is 0.341 e. The summed E-state index contributed by atoms with van der Waals surface area (Å²) in [7, 11) is 1.32. The summed E-state index contributed by atoms with van der Waals surface area (Å²) in [5, 5.41) is 2.96. The van der Waals surface area contributed by atoms with Crippen molar-refractivity contribution < 1.29 is 23.8 Å². The van der Waals surface area contributed by atoms with E-state index < -0.39 is 11.6 Å². The normalized spacial score (nSPS) is 11.6. The van der Waals surface area contributed by atoms with Crippen LogP contribution < -0.4 is 10.1 Å². The number of hydrogen-bond acceptors (Lipinski definition) is 5. The van der Waals surface area contributed by atoms with Crippen LogP contribution in [0.1, 0.15) is 71.2 Å². The van der Waals surface area contributed by atoms with Gasteiger partial charge in [-0.05, 0) is 56.2 Å². The summed E-state index contributed by atoms with van der Waals surface area (Å²) < 4.78 is 16.5. The average molecular weight is 408 g/mol. The molecule has 0 saturated heterocycles. The van der Waals surface area contributed by atoms with Crippen molar-refractivity contribution in [3.05, 3.63) is 23.8 Å². The van der Waals surface area contributed by atoms with Gasteiger partial charge in [0.15, 0.2) is 0 Å². The molecule has 1 N–H and O–H groups in total. The molecular weight excluding hydrogens is 370 g/mol. The minimum absolute atomic E-state index is 0.187. The molecule has 0 saturated carbocycles. The van der Waals surface area contributed by atoms with Crippen LogP contribution in [0.4, 0.5) is 5.69 Å². The average Bonchev–Trinajstić information content (AvgIpc) is 2.65. The van der Waals surface area contributed by atoms with Crippen LogP contribution in [0.5, 0.6) is 5.75 Å². The predicted octanol–water partition coefficient (Wildman–Crippen LogP) is 5.07. The molecule has 0 heterocycles. The summed E-state index contributed by atoms with van der Waals surface area (Å²) in [5.74, 6) is 0.315. The molecule has 0 atom stereocenters. The Balaban J connectivity index is 3.24. The molecule has 0 aliphatic carbocycles. The summed E-state index contributed by atoms with van der Waals surface area (Å²) in [4.78, 5) is 25.5. The Morgan fingerprint density at radius 1 is 1.07 bits per heavy atom. The van der Waals surface area contributed by atoms with Crippen LogP contribution in [-0.4, -0.2) is 37.8 Å². The molecule has 0 unspecified atom stereocenters. The Morgan fingerprint density at radius 3 is 2.17 bits per heavy atom. The maximum absolute atomic E-state index is 13.4. The van der Waals surface area contributed by atoms with Crippen molar-refractivity contribution >= 4 is 17.6 Å². The van der Waals surface area contributed by atoms with Gasteiger partial charge in [0.25, 0.3) is 5.91 Å². The Hall–Kier alpha value is -2.08. The second kappa shape index (κ2) is 11.8. The van der Waals surface area contributed by atoms with E-state index in [4.69, 9.17) is 14.2 Å². The quantitative estimate of drug-likeness (QED) is 0.490. The number of anilines is 1. The minimum atomic E-state index is -0.914. The molecule has 0 spiro atoms. The van der Waals surface area contributed by atoms with Crippen LogP contribution in [0, 0.1) is 11.8 Å². The molecule has 6 nitrogen and oxygen atoms in total. The van der Waals surface area contributed by atoms with Crippen molar-refractivity contribution in [1.82, 2.24) is 0 Å². The molecule has 0 radical (unpaired) electrons. The fourth-order valence-electron chi connectivity index (χ4n) is 3.47. The Bertz CT molecular complexity index is 659. The van der Waals surface area contributed by atoms with Gasteiger partial charge >= 0.3 is 5.97 Å². The van der Waals surface area contributed by atoms with Gasteiger partial charge < -0.3 is 19.5 Å². The van der Waals surface area contributed by atoms with Crippen molar-refractivity contribution in [2.24, 2.45) is 11.8 Å². The van der Waals surface area contributed by atoms with Crippen molar-refractivity contribution in [1.29, 1.82) is 0 Å². The zero-order valence-electron chi connectivity index (χ0n) is 19.0. The van der Waals surface area contributed by atoms with E-state index in [0.29, 0.717) is 49.3 Å². The van der Waals surface area contributed by atoms with Crippen LogP contribution in [0.2, 0.25) is 0 Å². The van der Waals surface area contributed by atoms with E-state index in [1.807, 2.05) is 13.8 Å². The molecule has 1 aromatic rings. The summed E-state index contributed by atoms with van der Waals surface area (Å²) in [6.45, 7) is 13.2. The van der Waals surface area contributed by atoms with Gasteiger partial charge in [0, 0.05) is 12.3 Å². The summed E-state index contributed by atoms with van der Waals surface area (Å²) in [6, 6.07) is 4.99. The molecule has 0 bridgehead atoms. The van der Waals surface area contributed by atoms with E-state index in [1.165, 1.54) is 7.11 Å². The largest absolute Gasteiger partial charge is 0.493 e. The summed E-state index contributed by atoms with van der Waals surface area (Å²) in [5.41, 5.74) is -0.127. The molecule has 164 valence electrons. The lowest BCUT2D eigenvalue weighted by Crippen LogP contribution is -2.48. The second-order valence-corrected chi connectivity index (χ2v) is 8.13. The van der Waals surface area contributed by atoms with Crippen LogP contribution in [-0.2, 0) is 14.3 Å². The maximum atomic E-state index is 13.4. The van der Waals surface area contributed by atoms with Crippen molar-refractivity contribution in [2.45, 2.75) is 66.4 Å². The first-order valence-electron chi connectivity index (χ1n) is 10.5. The molecule has 6 heteroatoms. The lowest BCUT2D eigenvalue weighted by molar-refractivity contribution is -0.147. The highest BCUT2D eigenvalue weighted by molar-refractivity contribution is 5.99. The van der Waals surface area contributed by atoms with Gasteiger partial charge in [-0.3, -0.25) is 4.79 Å². The number of methoxy groups -OCH3 is 1. The first kappa shape index (κ1) is 25.0. The molecule has 1 rings (SSSR count). The van der Waals surface area contributed by atoms with Gasteiger partial charge in [0.1, 0.15) is 16.9 Å². The van der Waals surface area contributed by atoms with Gasteiger partial charge in [0.05, 0.1) is 13.7 Å². The Labute approximate surface area is 175 Å². The third kappa shape index (κ3) is 7.35. The lowest BCUT2D eigenvalue weighted by Gasteiger charge is -2.35. The van der Waals surface area contributed by atoms with Crippen LogP contribution in [0.25, 0.3) is 0 Å². The summed E-state index contributed by atoms with van der Waals surface area (Å²) >= 11 is 0. The fourth-order valence-corrected chi connectivity index (χ4v) is 3.47. The van der Waals surface area contributed by atoms with Crippen molar-refractivity contribution in [3.8, 4) is 5.75 Å². The van der Waals surface area contributed by atoms with Gasteiger partial charge in [-0.2, -0.15) is 0 Å². The minimum Gasteiger partial charge on any atom is -0.493 e. The lowest BCUT2D eigenvalue weighted by atomic mass is 9.83. The topological polar surface area (TPSA) is 73.9 Å². The molecule has 1 amide bonds. The van der Waals surface area contributed by atoms with Crippen LogP contribution in [0.3, 0.4) is 0 Å². The van der Waals surface area contributed by atoms with E-state index in [0.717, 1.165) is 6.42 Å². The molecular formula is C23H37NO5. The number of ether oxygens (including phenoxy) is 3. The number of nitrogens with one attached hydrogen (secondary N) is 1. The second-order valence-electron chi connectivity index (χ2n) is 8.13. The maximum Gasteiger partial charge on any atom is 0.341 e. The number of hydrogen-bond donors (Lipinski definition) is 1. The number of carbonyl (C=O) groups is 2. The monoisotopic (exact) mass is 407 g/mol. The van der Waals surface area contributed by atoms with Gasteiger partial charge in [-0.25, -0.2) is 4.79 Å². The standard InChI is InChI=1S/C23H37NO5/c1-8-12-29-23(14-16(3)4,15-17(5)6)22(26)24-18-10-11-20(28-9-2)19(13-18)21(25)27-7/h10-11,13,16-17H,8-9,12,14-15H2,1-7H3,(H,24,26). The Morgan fingerprint density at radius 2 is 1.69 bits per heavy atom. The van der Waals surface area contributed by atoms with Crippen molar-refractivity contribution in [2.75, 3.05) is 25.6 Å². The van der Waals surface area contributed by atoms with E-state index in [2.05, 4.69) is 33.0 Å².